The smallest absolute Gasteiger partial charge is 0.0584 e. The van der Waals surface area contributed by atoms with E-state index in [0.717, 1.165) is 25.3 Å². The van der Waals surface area contributed by atoms with Gasteiger partial charge in [-0.25, -0.2) is 0 Å². The lowest BCUT2D eigenvalue weighted by Crippen LogP contribution is -2.33. The first-order chi connectivity index (χ1) is 5.70. The van der Waals surface area contributed by atoms with E-state index >= 15 is 0 Å². The highest BCUT2D eigenvalue weighted by atomic mass is 16.3. The summed E-state index contributed by atoms with van der Waals surface area (Å²) < 4.78 is 0. The second kappa shape index (κ2) is 7.56. The summed E-state index contributed by atoms with van der Waals surface area (Å²) in [5, 5.41) is 12.3. The monoisotopic (exact) mass is 173 g/mol. The van der Waals surface area contributed by atoms with Crippen LogP contribution in [-0.4, -0.2) is 24.3 Å². The molecule has 1 unspecified atom stereocenters. The summed E-state index contributed by atoms with van der Waals surface area (Å²) in [6.45, 7) is 7.86. The summed E-state index contributed by atoms with van der Waals surface area (Å²) >= 11 is 0. The summed E-state index contributed by atoms with van der Waals surface area (Å²) in [6.07, 6.45) is 3.42. The molecular formula is C10H23NO. The van der Waals surface area contributed by atoms with Crippen LogP contribution in [0.3, 0.4) is 0 Å². The Morgan fingerprint density at radius 3 is 2.33 bits per heavy atom. The van der Waals surface area contributed by atoms with Crippen molar-refractivity contribution in [3.63, 3.8) is 0 Å². The molecule has 0 bridgehead atoms. The van der Waals surface area contributed by atoms with Gasteiger partial charge in [-0.15, -0.1) is 0 Å². The largest absolute Gasteiger partial charge is 0.395 e. The first kappa shape index (κ1) is 11.9. The molecule has 1 atom stereocenters. The van der Waals surface area contributed by atoms with Crippen molar-refractivity contribution in [3.8, 4) is 0 Å². The third-order valence-electron chi connectivity index (χ3n) is 2.00. The molecule has 0 aliphatic rings. The summed E-state index contributed by atoms with van der Waals surface area (Å²) in [6, 6.07) is 0.312. The van der Waals surface area contributed by atoms with Crippen molar-refractivity contribution in [1.29, 1.82) is 0 Å². The van der Waals surface area contributed by atoms with Gasteiger partial charge in [-0.2, -0.15) is 0 Å². The first-order valence-electron chi connectivity index (χ1n) is 5.05. The number of aliphatic hydroxyl groups excluding tert-OH is 1. The Morgan fingerprint density at radius 1 is 1.25 bits per heavy atom. The van der Waals surface area contributed by atoms with Crippen molar-refractivity contribution in [2.24, 2.45) is 5.92 Å². The molecule has 2 N–H and O–H groups in total. The molecule has 0 heterocycles. The number of hydrogen-bond acceptors (Lipinski definition) is 2. The number of nitrogens with one attached hydrogen (secondary N) is 1. The predicted molar refractivity (Wildman–Crippen MR) is 53.2 cm³/mol. The molecule has 0 saturated carbocycles. The van der Waals surface area contributed by atoms with E-state index in [0.29, 0.717) is 6.04 Å². The molecule has 0 fully saturated rings. The van der Waals surface area contributed by atoms with Crippen LogP contribution >= 0.6 is 0 Å². The van der Waals surface area contributed by atoms with Gasteiger partial charge in [-0.3, -0.25) is 0 Å². The molecule has 2 heteroatoms. The van der Waals surface area contributed by atoms with Crippen molar-refractivity contribution < 1.29 is 5.11 Å². The van der Waals surface area contributed by atoms with Gasteiger partial charge in [0.25, 0.3) is 0 Å². The van der Waals surface area contributed by atoms with E-state index in [2.05, 4.69) is 26.1 Å². The topological polar surface area (TPSA) is 32.3 Å². The fraction of sp³-hybridized carbons (Fsp3) is 1.00. The Labute approximate surface area is 76.4 Å². The van der Waals surface area contributed by atoms with Gasteiger partial charge in [0.1, 0.15) is 0 Å². The molecule has 74 valence electrons. The highest BCUT2D eigenvalue weighted by molar-refractivity contribution is 4.65. The molecule has 0 amide bonds. The Kier molecular flexibility index (Phi) is 7.51. The van der Waals surface area contributed by atoms with E-state index in [4.69, 9.17) is 5.11 Å². The van der Waals surface area contributed by atoms with Crippen molar-refractivity contribution in [3.05, 3.63) is 0 Å². The van der Waals surface area contributed by atoms with Gasteiger partial charge in [0, 0.05) is 6.04 Å². The van der Waals surface area contributed by atoms with Crippen LogP contribution in [0, 0.1) is 5.92 Å². The maximum absolute atomic E-state index is 9.00. The van der Waals surface area contributed by atoms with Gasteiger partial charge >= 0.3 is 0 Å². The van der Waals surface area contributed by atoms with Crippen molar-refractivity contribution >= 4 is 0 Å². The molecule has 0 rings (SSSR count). The number of aliphatic hydroxyl groups is 1. The Bertz CT molecular complexity index is 93.8. The van der Waals surface area contributed by atoms with E-state index in [1.54, 1.807) is 0 Å². The molecule has 0 spiro atoms. The molecule has 0 aliphatic carbocycles. The molecule has 12 heavy (non-hydrogen) atoms. The molecule has 0 aromatic carbocycles. The van der Waals surface area contributed by atoms with Crippen LogP contribution in [0.5, 0.6) is 0 Å². The maximum Gasteiger partial charge on any atom is 0.0584 e. The standard InChI is InChI=1S/C10H23NO/c1-4-7-11-10(8-12)6-5-9(2)3/h9-12H,4-8H2,1-3H3. The number of rotatable bonds is 7. The highest BCUT2D eigenvalue weighted by Crippen LogP contribution is 2.06. The van der Waals surface area contributed by atoms with Crippen molar-refractivity contribution in [1.82, 2.24) is 5.32 Å². The zero-order chi connectivity index (χ0) is 9.40. The van der Waals surface area contributed by atoms with Gasteiger partial charge in [-0.1, -0.05) is 20.8 Å². The van der Waals surface area contributed by atoms with Gasteiger partial charge in [0.05, 0.1) is 6.61 Å². The molecule has 0 saturated heterocycles. The minimum atomic E-state index is 0.271. The number of hydrogen-bond donors (Lipinski definition) is 2. The van der Waals surface area contributed by atoms with Crippen molar-refractivity contribution in [2.45, 2.75) is 46.1 Å². The summed E-state index contributed by atoms with van der Waals surface area (Å²) in [7, 11) is 0. The minimum Gasteiger partial charge on any atom is -0.395 e. The first-order valence-corrected chi connectivity index (χ1v) is 5.05. The van der Waals surface area contributed by atoms with Crippen LogP contribution < -0.4 is 5.32 Å². The lowest BCUT2D eigenvalue weighted by Gasteiger charge is -2.16. The Morgan fingerprint density at radius 2 is 1.92 bits per heavy atom. The van der Waals surface area contributed by atoms with E-state index in [9.17, 15) is 0 Å². The Balaban J connectivity index is 3.39. The van der Waals surface area contributed by atoms with Crippen molar-refractivity contribution in [2.75, 3.05) is 13.2 Å². The molecule has 2 nitrogen and oxygen atoms in total. The zero-order valence-electron chi connectivity index (χ0n) is 8.64. The van der Waals surface area contributed by atoms with Crippen LogP contribution in [0.25, 0.3) is 0 Å². The quantitative estimate of drug-likeness (QED) is 0.615. The normalized spacial score (nSPS) is 13.8. The van der Waals surface area contributed by atoms with E-state index in [-0.39, 0.29) is 6.61 Å². The third kappa shape index (κ3) is 6.62. The van der Waals surface area contributed by atoms with Gasteiger partial charge in [0.15, 0.2) is 0 Å². The molecule has 0 radical (unpaired) electrons. The predicted octanol–water partition coefficient (Wildman–Crippen LogP) is 1.78. The molecule has 0 aromatic heterocycles. The fourth-order valence-corrected chi connectivity index (χ4v) is 1.14. The van der Waals surface area contributed by atoms with Crippen LogP contribution in [-0.2, 0) is 0 Å². The maximum atomic E-state index is 9.00. The van der Waals surface area contributed by atoms with Gasteiger partial charge in [0.2, 0.25) is 0 Å². The second-order valence-corrected chi connectivity index (χ2v) is 3.80. The highest BCUT2D eigenvalue weighted by Gasteiger charge is 2.06. The van der Waals surface area contributed by atoms with Crippen LogP contribution in [0.1, 0.15) is 40.0 Å². The lowest BCUT2D eigenvalue weighted by atomic mass is 10.0. The molecular weight excluding hydrogens is 150 g/mol. The lowest BCUT2D eigenvalue weighted by molar-refractivity contribution is 0.230. The van der Waals surface area contributed by atoms with Crippen LogP contribution in [0.15, 0.2) is 0 Å². The van der Waals surface area contributed by atoms with E-state index in [1.165, 1.54) is 6.42 Å². The minimum absolute atomic E-state index is 0.271. The average molecular weight is 173 g/mol. The Hall–Kier alpha value is -0.0800. The van der Waals surface area contributed by atoms with Crippen LogP contribution in [0.4, 0.5) is 0 Å². The summed E-state index contributed by atoms with van der Waals surface area (Å²) in [5.41, 5.74) is 0. The van der Waals surface area contributed by atoms with E-state index in [1.807, 2.05) is 0 Å². The van der Waals surface area contributed by atoms with Crippen LogP contribution in [0.2, 0.25) is 0 Å². The second-order valence-electron chi connectivity index (χ2n) is 3.80. The SMILES string of the molecule is CCCNC(CO)CCC(C)C. The molecule has 0 aliphatic heterocycles. The zero-order valence-corrected chi connectivity index (χ0v) is 8.64. The van der Waals surface area contributed by atoms with E-state index < -0.39 is 0 Å². The molecule has 0 aromatic rings. The third-order valence-corrected chi connectivity index (χ3v) is 2.00. The van der Waals surface area contributed by atoms with Gasteiger partial charge < -0.3 is 10.4 Å². The average Bonchev–Trinajstić information content (AvgIpc) is 2.05. The summed E-state index contributed by atoms with van der Waals surface area (Å²) in [5.74, 6) is 0.738. The summed E-state index contributed by atoms with van der Waals surface area (Å²) in [4.78, 5) is 0. The fourth-order valence-electron chi connectivity index (χ4n) is 1.14. The van der Waals surface area contributed by atoms with Gasteiger partial charge in [-0.05, 0) is 31.7 Å².